The average molecular weight is 864 g/mol. The largest absolute Gasteiger partial charge is 0.310 e. The lowest BCUT2D eigenvalue weighted by Crippen LogP contribution is -2.48. The monoisotopic (exact) mass is 863 g/mol. The summed E-state index contributed by atoms with van der Waals surface area (Å²) in [5, 5.41) is 2.53. The number of rotatable bonds is 9. The quantitative estimate of drug-likeness (QED) is 0.140. The molecule has 0 unspecified atom stereocenters. The van der Waals surface area contributed by atoms with Gasteiger partial charge in [0.05, 0.1) is 5.41 Å². The molecule has 9 aromatic carbocycles. The fourth-order valence-corrected chi connectivity index (χ4v) is 14.3. The SMILES string of the molecule is CC(C)c1cccc2c1-c1ccc(N(c3ccc(-c4ccc5ccccc5c4-c4ccccc4)cc3)c3ccc(C45CC6CC(CC(C6)C4)C5)cc3)cc1C2(c1ccccc1)c1ccccc1. The Morgan fingerprint density at radius 1 is 0.418 bits per heavy atom. The van der Waals surface area contributed by atoms with Gasteiger partial charge < -0.3 is 4.90 Å². The van der Waals surface area contributed by atoms with E-state index in [1.165, 1.54) is 122 Å². The number of nitrogens with zero attached hydrogens (tertiary/aromatic N) is 1. The normalized spacial score (nSPS) is 20.8. The highest BCUT2D eigenvalue weighted by molar-refractivity contribution is 6.04. The summed E-state index contributed by atoms with van der Waals surface area (Å²) >= 11 is 0. The maximum absolute atomic E-state index is 2.54. The van der Waals surface area contributed by atoms with Crippen molar-refractivity contribution in [2.75, 3.05) is 4.90 Å². The van der Waals surface area contributed by atoms with E-state index in [0.29, 0.717) is 11.3 Å². The summed E-state index contributed by atoms with van der Waals surface area (Å²) in [6.45, 7) is 4.68. The first kappa shape index (κ1) is 40.3. The molecule has 5 aliphatic rings. The van der Waals surface area contributed by atoms with Crippen molar-refractivity contribution in [2.24, 2.45) is 17.8 Å². The van der Waals surface area contributed by atoms with Crippen LogP contribution in [0.3, 0.4) is 0 Å². The minimum absolute atomic E-state index is 0.342. The van der Waals surface area contributed by atoms with E-state index in [2.05, 4.69) is 231 Å². The molecule has 0 N–H and O–H groups in total. The van der Waals surface area contributed by atoms with Crippen LogP contribution in [0.4, 0.5) is 17.1 Å². The summed E-state index contributed by atoms with van der Waals surface area (Å²) in [6, 6.07) is 80.6. The van der Waals surface area contributed by atoms with Crippen molar-refractivity contribution < 1.29 is 0 Å². The van der Waals surface area contributed by atoms with Crippen molar-refractivity contribution >= 4 is 27.8 Å². The van der Waals surface area contributed by atoms with Gasteiger partial charge in [-0.2, -0.15) is 0 Å². The minimum Gasteiger partial charge on any atom is -0.310 e. The molecule has 4 saturated carbocycles. The van der Waals surface area contributed by atoms with Gasteiger partial charge >= 0.3 is 0 Å². The molecule has 0 saturated heterocycles. The Balaban J connectivity index is 1.00. The molecule has 0 aliphatic heterocycles. The number of anilines is 3. The van der Waals surface area contributed by atoms with E-state index in [4.69, 9.17) is 0 Å². The molecule has 0 amide bonds. The zero-order chi connectivity index (χ0) is 44.7. The van der Waals surface area contributed by atoms with Crippen molar-refractivity contribution in [2.45, 2.75) is 69.1 Å². The van der Waals surface area contributed by atoms with Crippen LogP contribution in [0.2, 0.25) is 0 Å². The van der Waals surface area contributed by atoms with Gasteiger partial charge in [0.2, 0.25) is 0 Å². The third-order valence-corrected chi connectivity index (χ3v) is 16.7. The highest BCUT2D eigenvalue weighted by Crippen LogP contribution is 2.62. The van der Waals surface area contributed by atoms with Gasteiger partial charge in [0.25, 0.3) is 0 Å². The van der Waals surface area contributed by atoms with Gasteiger partial charge in [0.15, 0.2) is 0 Å². The number of fused-ring (bicyclic) bond motifs is 4. The Hall–Kier alpha value is -6.96. The highest BCUT2D eigenvalue weighted by Gasteiger charge is 2.52. The summed E-state index contributed by atoms with van der Waals surface area (Å²) in [7, 11) is 0. The molecule has 5 aliphatic carbocycles. The molecule has 0 spiro atoms. The van der Waals surface area contributed by atoms with E-state index in [1.54, 1.807) is 5.56 Å². The molecular weight excluding hydrogens is 807 g/mol. The molecule has 1 nitrogen and oxygen atoms in total. The molecule has 0 aromatic heterocycles. The topological polar surface area (TPSA) is 3.24 Å². The van der Waals surface area contributed by atoms with Crippen LogP contribution in [0.15, 0.2) is 212 Å². The first-order valence-electron chi connectivity index (χ1n) is 24.9. The van der Waals surface area contributed by atoms with Crippen LogP contribution in [-0.2, 0) is 10.8 Å². The Morgan fingerprint density at radius 2 is 0.970 bits per heavy atom. The van der Waals surface area contributed by atoms with Gasteiger partial charge in [0.1, 0.15) is 0 Å². The van der Waals surface area contributed by atoms with Crippen molar-refractivity contribution in [1.29, 1.82) is 0 Å². The first-order chi connectivity index (χ1) is 33.0. The third-order valence-electron chi connectivity index (χ3n) is 16.7. The van der Waals surface area contributed by atoms with Gasteiger partial charge in [-0.3, -0.25) is 0 Å². The summed E-state index contributed by atoms with van der Waals surface area (Å²) < 4.78 is 0. The van der Waals surface area contributed by atoms with E-state index in [0.717, 1.165) is 23.4 Å². The van der Waals surface area contributed by atoms with Crippen LogP contribution < -0.4 is 4.90 Å². The Labute approximate surface area is 396 Å². The van der Waals surface area contributed by atoms with E-state index < -0.39 is 5.41 Å². The lowest BCUT2D eigenvalue weighted by Gasteiger charge is -2.57. The molecule has 4 fully saturated rings. The summed E-state index contributed by atoms with van der Waals surface area (Å²) in [6.07, 6.45) is 8.49. The van der Waals surface area contributed by atoms with E-state index in [-0.39, 0.29) is 0 Å². The maximum Gasteiger partial charge on any atom is 0.0714 e. The van der Waals surface area contributed by atoms with Gasteiger partial charge in [-0.15, -0.1) is 0 Å². The van der Waals surface area contributed by atoms with Gasteiger partial charge in [0, 0.05) is 17.1 Å². The molecule has 326 valence electrons. The second-order valence-corrected chi connectivity index (χ2v) is 20.8. The lowest BCUT2D eigenvalue weighted by molar-refractivity contribution is -0.00518. The zero-order valence-electron chi connectivity index (χ0n) is 38.7. The molecule has 1 heteroatoms. The van der Waals surface area contributed by atoms with Crippen LogP contribution in [-0.4, -0.2) is 0 Å². The van der Waals surface area contributed by atoms with Crippen LogP contribution in [0.25, 0.3) is 44.2 Å². The Morgan fingerprint density at radius 3 is 1.60 bits per heavy atom. The maximum atomic E-state index is 2.54. The summed E-state index contributed by atoms with van der Waals surface area (Å²) in [4.78, 5) is 2.53. The molecule has 0 heterocycles. The van der Waals surface area contributed by atoms with Crippen LogP contribution in [0.1, 0.15) is 91.7 Å². The minimum atomic E-state index is -0.504. The lowest BCUT2D eigenvalue weighted by atomic mass is 9.48. The molecule has 4 bridgehead atoms. The van der Waals surface area contributed by atoms with E-state index >= 15 is 0 Å². The van der Waals surface area contributed by atoms with Crippen LogP contribution in [0, 0.1) is 17.8 Å². The van der Waals surface area contributed by atoms with Crippen LogP contribution in [0.5, 0.6) is 0 Å². The Kier molecular flexibility index (Phi) is 9.54. The van der Waals surface area contributed by atoms with Crippen molar-refractivity contribution in [3.05, 3.63) is 246 Å². The smallest absolute Gasteiger partial charge is 0.0714 e. The van der Waals surface area contributed by atoms with E-state index in [1.807, 2.05) is 0 Å². The van der Waals surface area contributed by atoms with Gasteiger partial charge in [-0.05, 0) is 182 Å². The fraction of sp³-hybridized carbons (Fsp3) is 0.212. The standard InChI is InChI=1S/C66H57N/c1-44(2)57-23-14-24-61-64(57)60-36-34-56(40-62(60)66(61,52-18-8-4-9-19-52)53-20-10-5-11-21-53)67(55-32-28-51(29-33-55)65-41-45-37-46(42-65)39-47(38-45)43-65)54-30-25-49(26-31-54)59-35-27-48-15-12-13-22-58(48)63(59)50-16-6-3-7-17-50/h3-36,40,44-47H,37-39,41-43H2,1-2H3. The molecule has 14 rings (SSSR count). The molecular formula is C66H57N. The fourth-order valence-electron chi connectivity index (χ4n) is 14.3. The predicted octanol–water partition coefficient (Wildman–Crippen LogP) is 17.6. The van der Waals surface area contributed by atoms with Crippen LogP contribution >= 0.6 is 0 Å². The molecule has 0 atom stereocenters. The summed E-state index contributed by atoms with van der Waals surface area (Å²) in [5.74, 6) is 3.10. The van der Waals surface area contributed by atoms with E-state index in [9.17, 15) is 0 Å². The number of hydrogen-bond donors (Lipinski definition) is 0. The zero-order valence-corrected chi connectivity index (χ0v) is 38.7. The molecule has 67 heavy (non-hydrogen) atoms. The first-order valence-corrected chi connectivity index (χ1v) is 24.9. The highest BCUT2D eigenvalue weighted by atomic mass is 15.1. The molecule has 9 aromatic rings. The van der Waals surface area contributed by atoms with Crippen molar-refractivity contribution in [3.8, 4) is 33.4 Å². The van der Waals surface area contributed by atoms with Crippen molar-refractivity contribution in [1.82, 2.24) is 0 Å². The third kappa shape index (κ3) is 6.42. The number of benzene rings is 9. The molecule has 0 radical (unpaired) electrons. The average Bonchev–Trinajstić information content (AvgIpc) is 3.67. The second-order valence-electron chi connectivity index (χ2n) is 20.8. The Bertz CT molecular complexity index is 3200. The van der Waals surface area contributed by atoms with Gasteiger partial charge in [-0.1, -0.05) is 190 Å². The van der Waals surface area contributed by atoms with Gasteiger partial charge in [-0.25, -0.2) is 0 Å². The predicted molar refractivity (Wildman–Crippen MR) is 281 cm³/mol. The second kappa shape index (κ2) is 15.8. The summed E-state index contributed by atoms with van der Waals surface area (Å²) in [5.41, 5.74) is 19.3. The number of hydrogen-bond acceptors (Lipinski definition) is 1. The van der Waals surface area contributed by atoms with Crippen molar-refractivity contribution in [3.63, 3.8) is 0 Å².